The number of nitrogens with zero attached hydrogens (tertiary/aromatic N) is 1. The number of sulfonamides is 1. The van der Waals surface area contributed by atoms with Crippen LogP contribution in [0.25, 0.3) is 0 Å². The van der Waals surface area contributed by atoms with Gasteiger partial charge in [0.15, 0.2) is 9.84 Å². The van der Waals surface area contributed by atoms with Crippen molar-refractivity contribution >= 4 is 35.8 Å². The lowest BCUT2D eigenvalue weighted by Crippen LogP contribution is -2.41. The molecule has 1 aliphatic heterocycles. The zero-order valence-corrected chi connectivity index (χ0v) is 15.1. The highest BCUT2D eigenvalue weighted by molar-refractivity contribution is 9.10. The van der Waals surface area contributed by atoms with Crippen LogP contribution in [0.15, 0.2) is 27.6 Å². The van der Waals surface area contributed by atoms with Crippen LogP contribution in [0.1, 0.15) is 18.9 Å². The Morgan fingerprint density at radius 1 is 1.38 bits per heavy atom. The Labute approximate surface area is 134 Å². The minimum Gasteiger partial charge on any atom is -0.229 e. The van der Waals surface area contributed by atoms with Gasteiger partial charge < -0.3 is 0 Å². The Morgan fingerprint density at radius 3 is 2.57 bits per heavy atom. The average Bonchev–Trinajstić information content (AvgIpc) is 2.73. The molecule has 0 bridgehead atoms. The molecule has 0 aliphatic carbocycles. The highest BCUT2D eigenvalue weighted by atomic mass is 79.9. The molecule has 0 N–H and O–H groups in total. The monoisotopic (exact) mass is 395 g/mol. The van der Waals surface area contributed by atoms with Crippen LogP contribution in [0.5, 0.6) is 0 Å². The van der Waals surface area contributed by atoms with Crippen molar-refractivity contribution in [1.82, 2.24) is 4.31 Å². The van der Waals surface area contributed by atoms with Gasteiger partial charge in [0.2, 0.25) is 10.0 Å². The molecule has 1 aliphatic rings. The number of hydrogen-bond acceptors (Lipinski definition) is 4. The first-order valence-corrected chi connectivity index (χ1v) is 10.7. The van der Waals surface area contributed by atoms with Gasteiger partial charge in [-0.2, -0.15) is 4.31 Å². The van der Waals surface area contributed by atoms with Crippen molar-refractivity contribution in [3.8, 4) is 0 Å². The number of aryl methyl sites for hydroxylation is 1. The molecule has 21 heavy (non-hydrogen) atoms. The van der Waals surface area contributed by atoms with Crippen molar-refractivity contribution < 1.29 is 16.8 Å². The average molecular weight is 396 g/mol. The van der Waals surface area contributed by atoms with Gasteiger partial charge in [0.25, 0.3) is 0 Å². The highest BCUT2D eigenvalue weighted by Gasteiger charge is 2.38. The second kappa shape index (κ2) is 5.98. The number of benzene rings is 1. The van der Waals surface area contributed by atoms with Crippen LogP contribution in [0, 0.1) is 6.92 Å². The minimum absolute atomic E-state index is 0.0567. The maximum Gasteiger partial charge on any atom is 0.243 e. The predicted octanol–water partition coefficient (Wildman–Crippen LogP) is 1.96. The van der Waals surface area contributed by atoms with Gasteiger partial charge in [-0.05, 0) is 31.0 Å². The molecule has 8 heteroatoms. The summed E-state index contributed by atoms with van der Waals surface area (Å²) in [7, 11) is -6.83. The van der Waals surface area contributed by atoms with Gasteiger partial charge in [-0.15, -0.1) is 0 Å². The summed E-state index contributed by atoms with van der Waals surface area (Å²) in [5.74, 6) is -0.0335. The van der Waals surface area contributed by atoms with Gasteiger partial charge in [-0.25, -0.2) is 16.8 Å². The van der Waals surface area contributed by atoms with Crippen molar-refractivity contribution in [2.45, 2.75) is 31.2 Å². The lowest BCUT2D eigenvalue weighted by atomic mass is 10.2. The molecule has 0 saturated carbocycles. The lowest BCUT2D eigenvalue weighted by Gasteiger charge is -2.26. The Kier molecular flexibility index (Phi) is 4.82. The molecular weight excluding hydrogens is 378 g/mol. The maximum atomic E-state index is 12.8. The van der Waals surface area contributed by atoms with Crippen LogP contribution in [0.2, 0.25) is 0 Å². The quantitative estimate of drug-likeness (QED) is 0.780. The fraction of sp³-hybridized carbons (Fsp3) is 0.538. The zero-order valence-electron chi connectivity index (χ0n) is 11.9. The largest absolute Gasteiger partial charge is 0.243 e. The SMILES string of the molecule is CCN([C@@H]1CCS(=O)(=O)C1)S(=O)(=O)c1cc(Br)ccc1C. The first kappa shape index (κ1) is 16.9. The van der Waals surface area contributed by atoms with Gasteiger partial charge in [0.05, 0.1) is 16.4 Å². The van der Waals surface area contributed by atoms with Crippen LogP contribution in [-0.4, -0.2) is 45.2 Å². The molecule has 5 nitrogen and oxygen atoms in total. The molecule has 0 radical (unpaired) electrons. The van der Waals surface area contributed by atoms with E-state index in [1.807, 2.05) is 0 Å². The Bertz CT molecular complexity index is 743. The molecule has 1 heterocycles. The van der Waals surface area contributed by atoms with Crippen molar-refractivity contribution in [2.75, 3.05) is 18.1 Å². The van der Waals surface area contributed by atoms with E-state index in [9.17, 15) is 16.8 Å². The molecule has 0 aromatic heterocycles. The van der Waals surface area contributed by atoms with Crippen LogP contribution in [0.3, 0.4) is 0 Å². The predicted molar refractivity (Wildman–Crippen MR) is 85.5 cm³/mol. The molecule has 1 fully saturated rings. The van der Waals surface area contributed by atoms with Gasteiger partial charge in [0.1, 0.15) is 0 Å². The topological polar surface area (TPSA) is 71.5 Å². The fourth-order valence-electron chi connectivity index (χ4n) is 2.61. The van der Waals surface area contributed by atoms with Gasteiger partial charge >= 0.3 is 0 Å². The van der Waals surface area contributed by atoms with E-state index in [2.05, 4.69) is 15.9 Å². The van der Waals surface area contributed by atoms with E-state index in [1.165, 1.54) is 4.31 Å². The van der Waals surface area contributed by atoms with Crippen molar-refractivity contribution in [1.29, 1.82) is 0 Å². The molecule has 0 unspecified atom stereocenters. The number of rotatable bonds is 4. The molecule has 0 spiro atoms. The summed E-state index contributed by atoms with van der Waals surface area (Å²) < 4.78 is 50.9. The van der Waals surface area contributed by atoms with E-state index >= 15 is 0 Å². The smallest absolute Gasteiger partial charge is 0.229 e. The molecule has 1 atom stereocenters. The molecule has 1 aromatic rings. The second-order valence-corrected chi connectivity index (χ2v) is 10.2. The standard InChI is InChI=1S/C13H18BrNO4S2/c1-3-15(12-6-7-20(16,17)9-12)21(18,19)13-8-11(14)5-4-10(13)2/h4-5,8,12H,3,6-7,9H2,1-2H3/t12-/m1/s1. The van der Waals surface area contributed by atoms with E-state index in [4.69, 9.17) is 0 Å². The van der Waals surface area contributed by atoms with Crippen LogP contribution in [-0.2, 0) is 19.9 Å². The summed E-state index contributed by atoms with van der Waals surface area (Å²) >= 11 is 3.28. The van der Waals surface area contributed by atoms with E-state index < -0.39 is 25.9 Å². The lowest BCUT2D eigenvalue weighted by molar-refractivity contribution is 0.354. The summed E-state index contributed by atoms with van der Waals surface area (Å²) in [6.45, 7) is 3.73. The first-order valence-electron chi connectivity index (χ1n) is 6.66. The van der Waals surface area contributed by atoms with Gasteiger partial charge in [-0.3, -0.25) is 0 Å². The van der Waals surface area contributed by atoms with Crippen molar-refractivity contribution in [2.24, 2.45) is 0 Å². The summed E-state index contributed by atoms with van der Waals surface area (Å²) in [6, 6.07) is 4.61. The summed E-state index contributed by atoms with van der Waals surface area (Å²) in [5.41, 5.74) is 0.650. The zero-order chi connectivity index (χ0) is 15.8. The summed E-state index contributed by atoms with van der Waals surface area (Å²) in [5, 5.41) is 0. The molecular formula is C13H18BrNO4S2. The molecule has 1 saturated heterocycles. The van der Waals surface area contributed by atoms with Crippen LogP contribution < -0.4 is 0 Å². The first-order chi connectivity index (χ1) is 9.67. The van der Waals surface area contributed by atoms with E-state index in [-0.39, 0.29) is 22.9 Å². The summed E-state index contributed by atoms with van der Waals surface area (Å²) in [6.07, 6.45) is 0.364. The van der Waals surface area contributed by atoms with Crippen LogP contribution >= 0.6 is 15.9 Å². The third-order valence-corrected chi connectivity index (χ3v) is 8.08. The second-order valence-electron chi connectivity index (χ2n) is 5.18. The van der Waals surface area contributed by atoms with Crippen molar-refractivity contribution in [3.05, 3.63) is 28.2 Å². The Morgan fingerprint density at radius 2 is 2.05 bits per heavy atom. The molecule has 2 rings (SSSR count). The van der Waals surface area contributed by atoms with Crippen LogP contribution in [0.4, 0.5) is 0 Å². The van der Waals surface area contributed by atoms with Gasteiger partial charge in [0, 0.05) is 17.1 Å². The Balaban J connectivity index is 2.43. The number of sulfone groups is 1. The molecule has 0 amide bonds. The Hall–Kier alpha value is -0.440. The van der Waals surface area contributed by atoms with Crippen molar-refractivity contribution in [3.63, 3.8) is 0 Å². The number of hydrogen-bond donors (Lipinski definition) is 0. The minimum atomic E-state index is -3.70. The fourth-order valence-corrected chi connectivity index (χ4v) is 6.86. The summed E-state index contributed by atoms with van der Waals surface area (Å²) in [4.78, 5) is 0.225. The maximum absolute atomic E-state index is 12.8. The van der Waals surface area contributed by atoms with Gasteiger partial charge in [-0.1, -0.05) is 28.9 Å². The van der Waals surface area contributed by atoms with E-state index in [1.54, 1.807) is 32.0 Å². The van der Waals surface area contributed by atoms with E-state index in [0.29, 0.717) is 16.5 Å². The molecule has 118 valence electrons. The number of halogens is 1. The van der Waals surface area contributed by atoms with E-state index in [0.717, 1.165) is 0 Å². The normalized spacial score (nSPS) is 21.8. The third-order valence-electron chi connectivity index (χ3n) is 3.66. The third kappa shape index (κ3) is 3.49. The highest BCUT2D eigenvalue weighted by Crippen LogP contribution is 2.28. The molecule has 1 aromatic carbocycles.